The Kier molecular flexibility index (Phi) is 5.40. The predicted molar refractivity (Wildman–Crippen MR) is 66.7 cm³/mol. The largest absolute Gasteiger partial charge is 0.573 e. The number of nitrogens with one attached hydrogen (secondary N) is 1. The van der Waals surface area contributed by atoms with Gasteiger partial charge in [-0.2, -0.15) is 17.9 Å². The van der Waals surface area contributed by atoms with Crippen LogP contribution in [0.4, 0.5) is 26.3 Å². The summed E-state index contributed by atoms with van der Waals surface area (Å²) in [6.07, 6.45) is -9.93. The Balaban J connectivity index is 3.13. The number of sulfonamides is 1. The number of ether oxygens (including phenoxy) is 1. The summed E-state index contributed by atoms with van der Waals surface area (Å²) in [5, 5.41) is 0. The molecular weight excluding hydrogens is 408 g/mol. The van der Waals surface area contributed by atoms with Gasteiger partial charge >= 0.3 is 12.5 Å². The van der Waals surface area contributed by atoms with Crippen LogP contribution in [0.5, 0.6) is 5.75 Å². The van der Waals surface area contributed by atoms with Crippen molar-refractivity contribution in [2.24, 2.45) is 0 Å². The molecule has 1 rings (SSSR count). The van der Waals surface area contributed by atoms with E-state index in [9.17, 15) is 34.8 Å². The first-order chi connectivity index (χ1) is 9.72. The van der Waals surface area contributed by atoms with Crippen LogP contribution in [0.25, 0.3) is 0 Å². The lowest BCUT2D eigenvalue weighted by Gasteiger charge is -2.18. The van der Waals surface area contributed by atoms with Crippen LogP contribution in [0, 0.1) is 0 Å². The Bertz CT molecular complexity index is 643. The Hall–Kier alpha value is -1.01. The summed E-state index contributed by atoms with van der Waals surface area (Å²) in [6, 6.07) is -0.205. The van der Waals surface area contributed by atoms with Crippen molar-refractivity contribution in [3.8, 4) is 5.75 Å². The summed E-state index contributed by atoms with van der Waals surface area (Å²) >= 11 is 2.71. The minimum Gasteiger partial charge on any atom is -0.405 e. The molecule has 0 aliphatic heterocycles. The van der Waals surface area contributed by atoms with E-state index in [-0.39, 0.29) is 4.47 Å². The highest BCUT2D eigenvalue weighted by atomic mass is 79.9. The van der Waals surface area contributed by atoms with Crippen LogP contribution in [0.1, 0.15) is 6.92 Å². The Morgan fingerprint density at radius 3 is 2.18 bits per heavy atom. The van der Waals surface area contributed by atoms with Crippen molar-refractivity contribution in [1.29, 1.82) is 0 Å². The Labute approximate surface area is 129 Å². The van der Waals surface area contributed by atoms with Gasteiger partial charge in [-0.15, -0.1) is 13.2 Å². The molecular formula is C10H8BrF6NO3S. The molecule has 1 N–H and O–H groups in total. The smallest absolute Gasteiger partial charge is 0.405 e. The molecule has 0 heterocycles. The molecule has 1 aromatic carbocycles. The average Bonchev–Trinajstić information content (AvgIpc) is 2.28. The molecule has 0 saturated carbocycles. The molecule has 0 saturated heterocycles. The first-order valence-electron chi connectivity index (χ1n) is 5.37. The van der Waals surface area contributed by atoms with Gasteiger partial charge in [0.2, 0.25) is 10.0 Å². The van der Waals surface area contributed by atoms with E-state index >= 15 is 0 Å². The fourth-order valence-corrected chi connectivity index (χ4v) is 2.79. The highest BCUT2D eigenvalue weighted by Gasteiger charge is 2.39. The normalized spacial score (nSPS) is 14.7. The SMILES string of the molecule is C[C@H](NS(=O)(=O)c1ccc(Br)c(OC(F)(F)F)c1)C(F)(F)F. The van der Waals surface area contributed by atoms with Crippen LogP contribution >= 0.6 is 15.9 Å². The van der Waals surface area contributed by atoms with E-state index in [1.165, 1.54) is 4.72 Å². The van der Waals surface area contributed by atoms with Crippen LogP contribution in [-0.2, 0) is 10.0 Å². The molecule has 0 aromatic heterocycles. The number of halogens is 7. The zero-order valence-electron chi connectivity index (χ0n) is 10.6. The molecule has 4 nitrogen and oxygen atoms in total. The molecule has 0 amide bonds. The fraction of sp³-hybridized carbons (Fsp3) is 0.400. The van der Waals surface area contributed by atoms with Crippen molar-refractivity contribution in [3.63, 3.8) is 0 Å². The van der Waals surface area contributed by atoms with E-state index in [1.807, 2.05) is 0 Å². The maximum Gasteiger partial charge on any atom is 0.573 e. The van der Waals surface area contributed by atoms with Crippen LogP contribution in [0.2, 0.25) is 0 Å². The van der Waals surface area contributed by atoms with E-state index in [1.54, 1.807) is 0 Å². The molecule has 0 aliphatic carbocycles. The quantitative estimate of drug-likeness (QED) is 0.764. The molecule has 0 bridgehead atoms. The molecule has 22 heavy (non-hydrogen) atoms. The van der Waals surface area contributed by atoms with E-state index in [4.69, 9.17) is 0 Å². The van der Waals surface area contributed by atoms with Gasteiger partial charge in [-0.3, -0.25) is 0 Å². The summed E-state index contributed by atoms with van der Waals surface area (Å²) in [5.41, 5.74) is 0. The fourth-order valence-electron chi connectivity index (χ4n) is 1.22. The molecule has 12 heteroatoms. The summed E-state index contributed by atoms with van der Waals surface area (Å²) in [4.78, 5) is -0.800. The van der Waals surface area contributed by atoms with Crippen molar-refractivity contribution in [1.82, 2.24) is 4.72 Å². The first kappa shape index (κ1) is 19.0. The van der Waals surface area contributed by atoms with E-state index in [0.717, 1.165) is 12.1 Å². The summed E-state index contributed by atoms with van der Waals surface area (Å²) in [7, 11) is -4.68. The third-order valence-corrected chi connectivity index (χ3v) is 4.46. The van der Waals surface area contributed by atoms with Gasteiger partial charge < -0.3 is 4.74 Å². The predicted octanol–water partition coefficient (Wildman–Crippen LogP) is 3.58. The molecule has 0 radical (unpaired) electrons. The lowest BCUT2D eigenvalue weighted by molar-refractivity contribution is -0.275. The Morgan fingerprint density at radius 1 is 1.18 bits per heavy atom. The molecule has 0 aliphatic rings. The monoisotopic (exact) mass is 415 g/mol. The maximum absolute atomic E-state index is 12.4. The van der Waals surface area contributed by atoms with Gasteiger partial charge in [-0.25, -0.2) is 8.42 Å². The molecule has 0 spiro atoms. The lowest BCUT2D eigenvalue weighted by atomic mass is 10.3. The van der Waals surface area contributed by atoms with Gasteiger partial charge in [0.25, 0.3) is 0 Å². The number of rotatable bonds is 4. The standard InChI is InChI=1S/C10H8BrF6NO3S/c1-5(9(12,13)14)18-22(19,20)6-2-3-7(11)8(4-6)21-10(15,16)17/h2-5,18H,1H3/t5-/m0/s1. The highest BCUT2D eigenvalue weighted by Crippen LogP contribution is 2.32. The van der Waals surface area contributed by atoms with Crippen LogP contribution in [0.15, 0.2) is 27.6 Å². The van der Waals surface area contributed by atoms with Crippen molar-refractivity contribution < 1.29 is 39.5 Å². The van der Waals surface area contributed by atoms with Crippen LogP contribution in [0.3, 0.4) is 0 Å². The topological polar surface area (TPSA) is 55.4 Å². The van der Waals surface area contributed by atoms with E-state index < -0.39 is 39.2 Å². The molecule has 126 valence electrons. The van der Waals surface area contributed by atoms with Crippen LogP contribution in [-0.4, -0.2) is 27.0 Å². The second kappa shape index (κ2) is 6.24. The Morgan fingerprint density at radius 2 is 1.73 bits per heavy atom. The third kappa shape index (κ3) is 5.32. The second-order valence-electron chi connectivity index (χ2n) is 4.02. The van der Waals surface area contributed by atoms with Gasteiger partial charge in [-0.1, -0.05) is 0 Å². The van der Waals surface area contributed by atoms with Crippen molar-refractivity contribution in [2.45, 2.75) is 30.4 Å². The van der Waals surface area contributed by atoms with Crippen molar-refractivity contribution in [3.05, 3.63) is 22.7 Å². The molecule has 0 fully saturated rings. The summed E-state index contributed by atoms with van der Waals surface area (Å²) in [5.74, 6) is -0.893. The van der Waals surface area contributed by atoms with Crippen molar-refractivity contribution >= 4 is 26.0 Å². The zero-order valence-corrected chi connectivity index (χ0v) is 13.0. The number of hydrogen-bond acceptors (Lipinski definition) is 3. The van der Waals surface area contributed by atoms with Gasteiger partial charge in [-0.05, 0) is 35.0 Å². The summed E-state index contributed by atoms with van der Waals surface area (Å²) < 4.78 is 102. The van der Waals surface area contributed by atoms with E-state index in [2.05, 4.69) is 20.7 Å². The molecule has 0 unspecified atom stereocenters. The number of hydrogen-bond donors (Lipinski definition) is 1. The van der Waals surface area contributed by atoms with Gasteiger partial charge in [0, 0.05) is 6.07 Å². The third-order valence-electron chi connectivity index (χ3n) is 2.26. The number of alkyl halides is 6. The van der Waals surface area contributed by atoms with Crippen LogP contribution < -0.4 is 9.46 Å². The summed E-state index contributed by atoms with van der Waals surface area (Å²) in [6.45, 7) is 0.559. The van der Waals surface area contributed by atoms with E-state index in [0.29, 0.717) is 13.0 Å². The minimum atomic E-state index is -5.09. The van der Waals surface area contributed by atoms with Gasteiger partial charge in [0.1, 0.15) is 11.8 Å². The lowest BCUT2D eigenvalue weighted by Crippen LogP contribution is -2.42. The first-order valence-corrected chi connectivity index (χ1v) is 7.64. The molecule has 1 atom stereocenters. The highest BCUT2D eigenvalue weighted by molar-refractivity contribution is 9.10. The van der Waals surface area contributed by atoms with Gasteiger partial charge in [0.15, 0.2) is 0 Å². The zero-order chi connectivity index (χ0) is 17.3. The maximum atomic E-state index is 12.4. The second-order valence-corrected chi connectivity index (χ2v) is 6.59. The number of benzene rings is 1. The average molecular weight is 416 g/mol. The van der Waals surface area contributed by atoms with Gasteiger partial charge in [0.05, 0.1) is 9.37 Å². The minimum absolute atomic E-state index is 0.215. The molecule has 1 aromatic rings. The van der Waals surface area contributed by atoms with Crippen molar-refractivity contribution in [2.75, 3.05) is 0 Å².